The van der Waals surface area contributed by atoms with E-state index in [1.165, 1.54) is 21.6 Å². The number of phosphoric acid groups is 1. The molecule has 0 aromatic heterocycles. The van der Waals surface area contributed by atoms with Gasteiger partial charge in [0, 0.05) is 18.6 Å². The smallest absolute Gasteiger partial charge is 0.394 e. The van der Waals surface area contributed by atoms with Crippen molar-refractivity contribution < 1.29 is 48.4 Å². The summed E-state index contributed by atoms with van der Waals surface area (Å²) in [4.78, 5) is 9.00. The Morgan fingerprint density at radius 3 is 2.29 bits per heavy atom. The van der Waals surface area contributed by atoms with Gasteiger partial charge in [-0.15, -0.1) is 0 Å². The molecule has 0 spiro atoms. The van der Waals surface area contributed by atoms with Gasteiger partial charge in [-0.25, -0.2) is 4.57 Å². The lowest BCUT2D eigenvalue weighted by Gasteiger charge is -2.39. The minimum atomic E-state index is -3.94. The summed E-state index contributed by atoms with van der Waals surface area (Å²) in [6, 6.07) is 0. The highest BCUT2D eigenvalue weighted by atomic mass is 33.1. The number of ether oxygens (including phenoxy) is 2. The second-order valence-electron chi connectivity index (χ2n) is 4.70. The van der Waals surface area contributed by atoms with Crippen LogP contribution in [0, 0.1) is 0 Å². The van der Waals surface area contributed by atoms with Gasteiger partial charge in [-0.05, 0) is 0 Å². The Hall–Kier alpha value is 0.570. The van der Waals surface area contributed by atoms with E-state index in [0.717, 1.165) is 7.11 Å². The molecule has 1 aliphatic heterocycles. The Morgan fingerprint density at radius 2 is 1.71 bits per heavy atom. The Morgan fingerprint density at radius 1 is 1.08 bits per heavy atom. The molecule has 0 aromatic carbocycles. The van der Waals surface area contributed by atoms with Crippen LogP contribution < -0.4 is 0 Å². The van der Waals surface area contributed by atoms with Gasteiger partial charge in [0.25, 0.3) is 0 Å². The Kier molecular flexibility index (Phi) is 10.7. The van der Waals surface area contributed by atoms with E-state index in [2.05, 4.69) is 9.05 Å². The van der Waals surface area contributed by atoms with E-state index in [-0.39, 0.29) is 13.2 Å². The van der Waals surface area contributed by atoms with Gasteiger partial charge in [-0.3, -0.25) is 9.05 Å². The summed E-state index contributed by atoms with van der Waals surface area (Å²) >= 11 is 0. The summed E-state index contributed by atoms with van der Waals surface area (Å²) in [5, 5.41) is 38.0. The van der Waals surface area contributed by atoms with Crippen molar-refractivity contribution in [3.8, 4) is 0 Å². The molecule has 0 amide bonds. The van der Waals surface area contributed by atoms with Crippen LogP contribution >= 0.6 is 29.4 Å². The van der Waals surface area contributed by atoms with Crippen LogP contribution in [-0.2, 0) is 23.1 Å². The van der Waals surface area contributed by atoms with Crippen molar-refractivity contribution in [2.75, 3.05) is 38.4 Å². The van der Waals surface area contributed by atoms with Crippen LogP contribution in [0.25, 0.3) is 0 Å². The molecule has 1 unspecified atom stereocenters. The van der Waals surface area contributed by atoms with Gasteiger partial charge in [0.2, 0.25) is 0 Å². The predicted octanol–water partition coefficient (Wildman–Crippen LogP) is -1.05. The van der Waals surface area contributed by atoms with E-state index in [4.69, 9.17) is 19.5 Å². The van der Waals surface area contributed by atoms with Crippen molar-refractivity contribution in [3.05, 3.63) is 0 Å². The number of rotatable bonds is 11. The first-order chi connectivity index (χ1) is 11.3. The van der Waals surface area contributed by atoms with Crippen LogP contribution in [0.3, 0.4) is 0 Å². The Labute approximate surface area is 147 Å². The molecule has 144 valence electrons. The fourth-order valence-corrected chi connectivity index (χ4v) is 3.98. The molecular formula is C11H23O10PS2. The van der Waals surface area contributed by atoms with E-state index in [1.807, 2.05) is 0 Å². The molecule has 0 saturated carbocycles. The topological polar surface area (TPSA) is 155 Å². The molecule has 1 heterocycles. The first-order valence-electron chi connectivity index (χ1n) is 7.02. The first-order valence-corrected chi connectivity index (χ1v) is 11.0. The van der Waals surface area contributed by atoms with Crippen LogP contribution in [-0.4, -0.2) is 94.5 Å². The third-order valence-electron chi connectivity index (χ3n) is 3.03. The molecule has 0 bridgehead atoms. The highest BCUT2D eigenvalue weighted by Crippen LogP contribution is 2.42. The normalized spacial score (nSPS) is 33.3. The summed E-state index contributed by atoms with van der Waals surface area (Å²) in [7, 11) is -0.0548. The quantitative estimate of drug-likeness (QED) is 0.160. The molecule has 1 saturated heterocycles. The van der Waals surface area contributed by atoms with Crippen molar-refractivity contribution in [2.24, 2.45) is 0 Å². The first kappa shape index (κ1) is 22.6. The highest BCUT2D eigenvalue weighted by Gasteiger charge is 2.43. The van der Waals surface area contributed by atoms with Crippen LogP contribution in [0.2, 0.25) is 0 Å². The maximum atomic E-state index is 11.0. The predicted molar refractivity (Wildman–Crippen MR) is 87.4 cm³/mol. The molecule has 0 aromatic rings. The minimum absolute atomic E-state index is 0.0485. The summed E-state index contributed by atoms with van der Waals surface area (Å²) < 4.78 is 30.4. The van der Waals surface area contributed by atoms with Crippen LogP contribution in [0.4, 0.5) is 0 Å². The molecular weight excluding hydrogens is 387 g/mol. The number of aliphatic hydroxyl groups is 4. The lowest BCUT2D eigenvalue weighted by molar-refractivity contribution is -0.299. The summed E-state index contributed by atoms with van der Waals surface area (Å²) in [5.74, 6) is 0.972. The molecule has 1 rings (SSSR count). The van der Waals surface area contributed by atoms with Crippen molar-refractivity contribution in [1.29, 1.82) is 0 Å². The van der Waals surface area contributed by atoms with E-state index in [1.54, 1.807) is 0 Å². The largest absolute Gasteiger partial charge is 0.471 e. The zero-order chi connectivity index (χ0) is 18.2. The molecule has 0 aliphatic carbocycles. The van der Waals surface area contributed by atoms with Gasteiger partial charge in [0.1, 0.15) is 24.4 Å². The zero-order valence-electron chi connectivity index (χ0n) is 13.0. The van der Waals surface area contributed by atoms with Crippen LogP contribution in [0.15, 0.2) is 0 Å². The lowest BCUT2D eigenvalue weighted by Crippen LogP contribution is -2.59. The second-order valence-corrected chi connectivity index (χ2v) is 8.96. The summed E-state index contributed by atoms with van der Waals surface area (Å²) in [6.07, 6.45) is -6.43. The zero-order valence-corrected chi connectivity index (χ0v) is 15.5. The van der Waals surface area contributed by atoms with Crippen molar-refractivity contribution in [3.63, 3.8) is 0 Å². The van der Waals surface area contributed by atoms with Crippen molar-refractivity contribution >= 4 is 29.4 Å². The lowest BCUT2D eigenvalue weighted by atomic mass is 9.99. The van der Waals surface area contributed by atoms with Crippen LogP contribution in [0.1, 0.15) is 0 Å². The minimum Gasteiger partial charge on any atom is -0.394 e. The standard InChI is InChI=1S/C11H23O10PS2/c1-18-22(16,17)20-3-5-24-23-4-2-19-11-10(15)9(14)8(13)7(6-12)21-11/h7-15H,2-6H2,1H3,(H,16,17)/t7-,8-,9+,10-,11-/m1/s1. The number of aliphatic hydroxyl groups excluding tert-OH is 4. The number of phosphoric ester groups is 1. The number of hydrogen-bond donors (Lipinski definition) is 5. The van der Waals surface area contributed by atoms with Gasteiger partial charge in [-0.1, -0.05) is 21.6 Å². The maximum Gasteiger partial charge on any atom is 0.471 e. The fourth-order valence-electron chi connectivity index (χ4n) is 1.76. The van der Waals surface area contributed by atoms with E-state index in [0.29, 0.717) is 11.5 Å². The molecule has 1 fully saturated rings. The van der Waals surface area contributed by atoms with E-state index >= 15 is 0 Å². The van der Waals surface area contributed by atoms with Crippen molar-refractivity contribution in [2.45, 2.75) is 30.7 Å². The molecule has 1 aliphatic rings. The van der Waals surface area contributed by atoms with Crippen LogP contribution in [0.5, 0.6) is 0 Å². The second kappa shape index (κ2) is 11.3. The number of hydrogen-bond acceptors (Lipinski definition) is 11. The molecule has 0 radical (unpaired) electrons. The SMILES string of the molecule is COP(=O)(O)OCCSSCCO[C@@H]1O[C@H](CO)[C@@H](O)[C@H](O)[C@H]1O. The van der Waals surface area contributed by atoms with E-state index in [9.17, 15) is 19.9 Å². The summed E-state index contributed by atoms with van der Waals surface area (Å²) in [5.41, 5.74) is 0. The molecule has 10 nitrogen and oxygen atoms in total. The third kappa shape index (κ3) is 7.44. The maximum absolute atomic E-state index is 11.0. The fraction of sp³-hybridized carbons (Fsp3) is 1.00. The van der Waals surface area contributed by atoms with Crippen molar-refractivity contribution in [1.82, 2.24) is 0 Å². The van der Waals surface area contributed by atoms with E-state index < -0.39 is 45.1 Å². The van der Waals surface area contributed by atoms with Gasteiger partial charge in [0.15, 0.2) is 6.29 Å². The van der Waals surface area contributed by atoms with Gasteiger partial charge >= 0.3 is 7.82 Å². The molecule has 24 heavy (non-hydrogen) atoms. The highest BCUT2D eigenvalue weighted by molar-refractivity contribution is 8.76. The average Bonchev–Trinajstić information content (AvgIpc) is 2.56. The third-order valence-corrected chi connectivity index (χ3v) is 6.34. The Balaban J connectivity index is 2.13. The average molecular weight is 410 g/mol. The summed E-state index contributed by atoms with van der Waals surface area (Å²) in [6.45, 7) is -0.268. The molecule has 13 heteroatoms. The van der Waals surface area contributed by atoms with Gasteiger partial charge in [0.05, 0.1) is 19.8 Å². The molecule has 5 N–H and O–H groups in total. The van der Waals surface area contributed by atoms with Gasteiger partial charge < -0.3 is 34.8 Å². The monoisotopic (exact) mass is 410 g/mol. The Bertz CT molecular complexity index is 401. The van der Waals surface area contributed by atoms with Gasteiger partial charge in [-0.2, -0.15) is 0 Å². The molecule has 6 atom stereocenters.